The molecular formula is C14H12N4O3S2. The number of thiazole rings is 2. The van der Waals surface area contributed by atoms with Crippen molar-refractivity contribution in [3.63, 3.8) is 0 Å². The number of carbonyl (C=O) groups is 2. The molecule has 118 valence electrons. The van der Waals surface area contributed by atoms with Crippen molar-refractivity contribution in [2.24, 2.45) is 0 Å². The molecule has 3 aromatic rings. The molecule has 0 saturated carbocycles. The molecule has 23 heavy (non-hydrogen) atoms. The van der Waals surface area contributed by atoms with Gasteiger partial charge in [-0.3, -0.25) is 14.9 Å². The number of hydrogen-bond acceptors (Lipinski definition) is 7. The van der Waals surface area contributed by atoms with E-state index in [-0.39, 0.29) is 17.6 Å². The molecule has 0 radical (unpaired) electrons. The lowest BCUT2D eigenvalue weighted by Crippen LogP contribution is -2.12. The highest BCUT2D eigenvalue weighted by atomic mass is 32.1. The van der Waals surface area contributed by atoms with Crippen molar-refractivity contribution >= 4 is 44.8 Å². The first-order chi connectivity index (χ1) is 11.2. The van der Waals surface area contributed by atoms with Gasteiger partial charge in [0.05, 0.1) is 12.0 Å². The Kier molecular flexibility index (Phi) is 4.79. The Morgan fingerprint density at radius 2 is 2.13 bits per heavy atom. The van der Waals surface area contributed by atoms with E-state index in [1.54, 1.807) is 23.7 Å². The van der Waals surface area contributed by atoms with Gasteiger partial charge >= 0.3 is 0 Å². The van der Waals surface area contributed by atoms with Crippen LogP contribution < -0.4 is 10.6 Å². The van der Waals surface area contributed by atoms with E-state index in [9.17, 15) is 9.59 Å². The van der Waals surface area contributed by atoms with E-state index in [1.807, 2.05) is 5.38 Å². The zero-order valence-electron chi connectivity index (χ0n) is 11.8. The number of carbonyl (C=O) groups excluding carboxylic acids is 2. The topological polar surface area (TPSA) is 97.1 Å². The summed E-state index contributed by atoms with van der Waals surface area (Å²) >= 11 is 2.67. The van der Waals surface area contributed by atoms with Crippen LogP contribution in [0.4, 0.5) is 10.3 Å². The molecule has 0 fully saturated rings. The first-order valence-corrected chi connectivity index (χ1v) is 8.45. The fourth-order valence-electron chi connectivity index (χ4n) is 1.75. The third-order valence-electron chi connectivity index (χ3n) is 2.80. The number of anilines is 2. The van der Waals surface area contributed by atoms with E-state index in [2.05, 4.69) is 20.6 Å². The second-order valence-electron chi connectivity index (χ2n) is 4.46. The van der Waals surface area contributed by atoms with Crippen LogP contribution in [-0.2, 0) is 11.2 Å². The lowest BCUT2D eigenvalue weighted by atomic mass is 10.2. The lowest BCUT2D eigenvalue weighted by Gasteiger charge is -2.00. The molecule has 3 aromatic heterocycles. The molecule has 9 heteroatoms. The van der Waals surface area contributed by atoms with Crippen LogP contribution in [0.5, 0.6) is 0 Å². The van der Waals surface area contributed by atoms with Crippen LogP contribution in [0.15, 0.2) is 39.8 Å². The van der Waals surface area contributed by atoms with E-state index in [1.165, 1.54) is 28.9 Å². The summed E-state index contributed by atoms with van der Waals surface area (Å²) in [6, 6.07) is 3.22. The zero-order chi connectivity index (χ0) is 16.1. The Hall–Kier alpha value is -2.52. The molecule has 0 aromatic carbocycles. The van der Waals surface area contributed by atoms with Gasteiger partial charge in [-0.15, -0.1) is 22.7 Å². The van der Waals surface area contributed by atoms with Crippen molar-refractivity contribution in [3.8, 4) is 0 Å². The van der Waals surface area contributed by atoms with Crippen molar-refractivity contribution in [2.75, 3.05) is 10.6 Å². The summed E-state index contributed by atoms with van der Waals surface area (Å²) in [7, 11) is 0. The molecule has 0 aliphatic carbocycles. The largest absolute Gasteiger partial charge is 0.459 e. The van der Waals surface area contributed by atoms with Crippen LogP contribution in [-0.4, -0.2) is 21.8 Å². The fraction of sp³-hybridized carbons (Fsp3) is 0.143. The number of aromatic nitrogens is 2. The van der Waals surface area contributed by atoms with E-state index in [0.29, 0.717) is 23.1 Å². The van der Waals surface area contributed by atoms with Crippen LogP contribution in [0.25, 0.3) is 0 Å². The summed E-state index contributed by atoms with van der Waals surface area (Å²) in [5.74, 6) is -0.240. The van der Waals surface area contributed by atoms with Crippen molar-refractivity contribution in [3.05, 3.63) is 46.8 Å². The fourth-order valence-corrected chi connectivity index (χ4v) is 3.04. The van der Waals surface area contributed by atoms with Gasteiger partial charge in [0.15, 0.2) is 16.0 Å². The van der Waals surface area contributed by atoms with Gasteiger partial charge in [0, 0.05) is 23.4 Å². The van der Waals surface area contributed by atoms with E-state index in [0.717, 1.165) is 5.69 Å². The minimum atomic E-state index is -0.350. The maximum Gasteiger partial charge on any atom is 0.293 e. The maximum atomic E-state index is 11.8. The van der Waals surface area contributed by atoms with Gasteiger partial charge in [-0.1, -0.05) is 0 Å². The highest BCUT2D eigenvalue weighted by molar-refractivity contribution is 7.14. The maximum absolute atomic E-state index is 11.8. The molecule has 0 saturated heterocycles. The normalized spacial score (nSPS) is 10.4. The molecular weight excluding hydrogens is 336 g/mol. The summed E-state index contributed by atoms with van der Waals surface area (Å²) in [4.78, 5) is 31.9. The van der Waals surface area contributed by atoms with Crippen molar-refractivity contribution in [1.82, 2.24) is 9.97 Å². The Morgan fingerprint density at radius 1 is 1.22 bits per heavy atom. The molecule has 0 unspecified atom stereocenters. The van der Waals surface area contributed by atoms with Gasteiger partial charge in [0.1, 0.15) is 0 Å². The molecule has 0 spiro atoms. The molecule has 3 rings (SSSR count). The Balaban J connectivity index is 1.49. The first-order valence-electron chi connectivity index (χ1n) is 6.69. The van der Waals surface area contributed by atoms with Crippen molar-refractivity contribution in [1.29, 1.82) is 0 Å². The Labute approximate surface area is 139 Å². The van der Waals surface area contributed by atoms with Gasteiger partial charge in [0.25, 0.3) is 5.91 Å². The molecule has 2 amide bonds. The van der Waals surface area contributed by atoms with Gasteiger partial charge in [-0.05, 0) is 18.6 Å². The molecule has 0 aliphatic heterocycles. The SMILES string of the molecule is O=C(CCc1csc(NC(=O)c2ccco2)n1)Nc1nccs1. The Morgan fingerprint density at radius 3 is 2.87 bits per heavy atom. The number of rotatable bonds is 6. The third kappa shape index (κ3) is 4.24. The quantitative estimate of drug-likeness (QED) is 0.714. The van der Waals surface area contributed by atoms with E-state index in [4.69, 9.17) is 4.42 Å². The summed E-state index contributed by atoms with van der Waals surface area (Å²) in [6.07, 6.45) is 3.86. The van der Waals surface area contributed by atoms with Gasteiger partial charge < -0.3 is 9.73 Å². The van der Waals surface area contributed by atoms with Gasteiger partial charge in [-0.2, -0.15) is 0 Å². The second-order valence-corrected chi connectivity index (χ2v) is 6.21. The van der Waals surface area contributed by atoms with Gasteiger partial charge in [-0.25, -0.2) is 9.97 Å². The number of hydrogen-bond donors (Lipinski definition) is 2. The van der Waals surface area contributed by atoms with Gasteiger partial charge in [0.2, 0.25) is 5.91 Å². The number of furan rings is 1. The minimum Gasteiger partial charge on any atom is -0.459 e. The third-order valence-corrected chi connectivity index (χ3v) is 4.30. The van der Waals surface area contributed by atoms with Crippen LogP contribution in [0.3, 0.4) is 0 Å². The molecule has 0 atom stereocenters. The highest BCUT2D eigenvalue weighted by Crippen LogP contribution is 2.18. The summed E-state index contributed by atoms with van der Waals surface area (Å²) < 4.78 is 5.01. The van der Waals surface area contributed by atoms with Crippen molar-refractivity contribution in [2.45, 2.75) is 12.8 Å². The van der Waals surface area contributed by atoms with Crippen molar-refractivity contribution < 1.29 is 14.0 Å². The smallest absolute Gasteiger partial charge is 0.293 e. The molecule has 7 nitrogen and oxygen atoms in total. The minimum absolute atomic E-state index is 0.117. The van der Waals surface area contributed by atoms with Crippen LogP contribution >= 0.6 is 22.7 Å². The predicted octanol–water partition coefficient (Wildman–Crippen LogP) is 3.02. The number of amides is 2. The average Bonchev–Trinajstić information content (AvgIpc) is 3.28. The monoisotopic (exact) mass is 348 g/mol. The summed E-state index contributed by atoms with van der Waals surface area (Å²) in [6.45, 7) is 0. The number of nitrogens with one attached hydrogen (secondary N) is 2. The highest BCUT2D eigenvalue weighted by Gasteiger charge is 2.12. The van der Waals surface area contributed by atoms with Crippen LogP contribution in [0.1, 0.15) is 22.7 Å². The zero-order valence-corrected chi connectivity index (χ0v) is 13.4. The molecule has 0 bridgehead atoms. The molecule has 3 heterocycles. The van der Waals surface area contributed by atoms with E-state index >= 15 is 0 Å². The van der Waals surface area contributed by atoms with Crippen LogP contribution in [0.2, 0.25) is 0 Å². The Bertz CT molecular complexity index is 781. The summed E-state index contributed by atoms with van der Waals surface area (Å²) in [5, 5.41) is 10.0. The molecule has 0 aliphatic rings. The van der Waals surface area contributed by atoms with E-state index < -0.39 is 0 Å². The van der Waals surface area contributed by atoms with Crippen LogP contribution in [0, 0.1) is 0 Å². The number of aryl methyl sites for hydroxylation is 1. The lowest BCUT2D eigenvalue weighted by molar-refractivity contribution is -0.116. The predicted molar refractivity (Wildman–Crippen MR) is 87.8 cm³/mol. The second kappa shape index (κ2) is 7.16. The molecule has 2 N–H and O–H groups in total. The number of nitrogens with zero attached hydrogens (tertiary/aromatic N) is 2. The standard InChI is InChI=1S/C14H12N4O3S2/c19-11(17-13-15-5-7-22-13)4-3-9-8-23-14(16-9)18-12(20)10-2-1-6-21-10/h1-2,5-8H,3-4H2,(H,15,17,19)(H,16,18,20). The first kappa shape index (κ1) is 15.4. The average molecular weight is 348 g/mol. The summed E-state index contributed by atoms with van der Waals surface area (Å²) in [5.41, 5.74) is 0.749.